The van der Waals surface area contributed by atoms with E-state index in [2.05, 4.69) is 15.3 Å². The summed E-state index contributed by atoms with van der Waals surface area (Å²) in [7, 11) is 1.86. The summed E-state index contributed by atoms with van der Waals surface area (Å²) in [5.41, 5.74) is 3.50. The van der Waals surface area contributed by atoms with Gasteiger partial charge in [0.25, 0.3) is 0 Å². The molecule has 4 aromatic rings. The zero-order valence-electron chi connectivity index (χ0n) is 16.2. The van der Waals surface area contributed by atoms with E-state index in [0.29, 0.717) is 18.1 Å². The van der Waals surface area contributed by atoms with E-state index in [1.54, 1.807) is 21.8 Å². The monoisotopic (exact) mass is 388 g/mol. The van der Waals surface area contributed by atoms with Crippen LogP contribution in [0.15, 0.2) is 42.7 Å². The number of amides is 1. The number of carbonyl (C=O) groups excluding carboxylic acids is 1. The molecule has 0 bridgehead atoms. The fourth-order valence-corrected chi connectivity index (χ4v) is 3.66. The number of benzene rings is 1. The Morgan fingerprint density at radius 1 is 1.21 bits per heavy atom. The molecule has 1 aromatic carbocycles. The molecule has 4 heterocycles. The molecule has 5 rings (SSSR count). The van der Waals surface area contributed by atoms with Gasteiger partial charge in [-0.3, -0.25) is 14.6 Å². The molecule has 9 nitrogen and oxygen atoms in total. The van der Waals surface area contributed by atoms with Gasteiger partial charge in [-0.05, 0) is 25.5 Å². The number of aryl methyl sites for hydroxylation is 2. The number of aromatic nitrogens is 7. The van der Waals surface area contributed by atoms with Crippen molar-refractivity contribution in [2.75, 3.05) is 11.4 Å². The molecule has 1 aliphatic heterocycles. The molecule has 1 fully saturated rings. The molecule has 1 N–H and O–H groups in total. The van der Waals surface area contributed by atoms with Gasteiger partial charge in [0.1, 0.15) is 0 Å². The van der Waals surface area contributed by atoms with Crippen molar-refractivity contribution in [3.63, 3.8) is 0 Å². The fourth-order valence-electron chi connectivity index (χ4n) is 3.66. The topological polar surface area (TPSA) is 97.5 Å². The molecule has 3 aromatic heterocycles. The van der Waals surface area contributed by atoms with Crippen LogP contribution in [-0.4, -0.2) is 47.2 Å². The van der Waals surface area contributed by atoms with Gasteiger partial charge in [-0.2, -0.15) is 14.9 Å². The van der Waals surface area contributed by atoms with E-state index in [0.717, 1.165) is 41.3 Å². The van der Waals surface area contributed by atoms with E-state index in [4.69, 9.17) is 10.1 Å². The summed E-state index contributed by atoms with van der Waals surface area (Å²) in [6.45, 7) is 2.68. The first-order valence-corrected chi connectivity index (χ1v) is 9.48. The molecule has 29 heavy (non-hydrogen) atoms. The average Bonchev–Trinajstić information content (AvgIpc) is 3.49. The lowest BCUT2D eigenvalue weighted by atomic mass is 10.1. The third-order valence-electron chi connectivity index (χ3n) is 5.18. The van der Waals surface area contributed by atoms with Gasteiger partial charge < -0.3 is 4.90 Å². The smallest absolute Gasteiger partial charge is 0.227 e. The highest BCUT2D eigenvalue weighted by Crippen LogP contribution is 2.30. The van der Waals surface area contributed by atoms with Crippen LogP contribution >= 0.6 is 0 Å². The summed E-state index contributed by atoms with van der Waals surface area (Å²) in [5, 5.41) is 16.0. The quantitative estimate of drug-likeness (QED) is 0.579. The number of nitrogens with one attached hydrogen (secondary N) is 1. The molecule has 9 heteroatoms. The minimum atomic E-state index is 0.157. The Morgan fingerprint density at radius 3 is 2.79 bits per heavy atom. The molecular weight excluding hydrogens is 368 g/mol. The summed E-state index contributed by atoms with van der Waals surface area (Å²) in [5.74, 6) is 2.21. The Morgan fingerprint density at radius 2 is 2.10 bits per heavy atom. The third-order valence-corrected chi connectivity index (χ3v) is 5.18. The van der Waals surface area contributed by atoms with E-state index in [1.165, 1.54) is 0 Å². The Kier molecular flexibility index (Phi) is 4.01. The number of H-pyrrole nitrogens is 1. The van der Waals surface area contributed by atoms with Crippen molar-refractivity contribution >= 4 is 11.6 Å². The van der Waals surface area contributed by atoms with Gasteiger partial charge in [0.2, 0.25) is 5.91 Å². The van der Waals surface area contributed by atoms with Crippen LogP contribution in [0.4, 0.5) is 5.69 Å². The average molecular weight is 388 g/mol. The number of hydrogen-bond acceptors (Lipinski definition) is 5. The number of hydrogen-bond donors (Lipinski definition) is 1. The Labute approximate surface area is 167 Å². The normalized spacial score (nSPS) is 14.1. The number of aromatic amines is 1. The second kappa shape index (κ2) is 6.69. The number of rotatable bonds is 4. The van der Waals surface area contributed by atoms with Crippen molar-refractivity contribution < 1.29 is 4.79 Å². The molecule has 1 saturated heterocycles. The van der Waals surface area contributed by atoms with Crippen molar-refractivity contribution in [2.24, 2.45) is 7.05 Å². The van der Waals surface area contributed by atoms with Gasteiger partial charge in [-0.1, -0.05) is 12.1 Å². The Hall–Kier alpha value is -3.75. The number of nitrogens with zero attached hydrogens (tertiary/aromatic N) is 7. The van der Waals surface area contributed by atoms with Crippen LogP contribution < -0.4 is 4.90 Å². The van der Waals surface area contributed by atoms with Crippen molar-refractivity contribution in [1.29, 1.82) is 0 Å². The van der Waals surface area contributed by atoms with E-state index >= 15 is 0 Å². The second-order valence-electron chi connectivity index (χ2n) is 7.09. The maximum Gasteiger partial charge on any atom is 0.227 e. The largest absolute Gasteiger partial charge is 0.312 e. The molecule has 1 aliphatic rings. The maximum absolute atomic E-state index is 12.2. The van der Waals surface area contributed by atoms with Crippen molar-refractivity contribution in [3.8, 4) is 28.6 Å². The van der Waals surface area contributed by atoms with Gasteiger partial charge in [-0.15, -0.1) is 5.10 Å². The predicted molar refractivity (Wildman–Crippen MR) is 107 cm³/mol. The highest BCUT2D eigenvalue weighted by molar-refractivity contribution is 5.95. The van der Waals surface area contributed by atoms with Crippen molar-refractivity contribution in [1.82, 2.24) is 34.7 Å². The Balaban J connectivity index is 1.66. The van der Waals surface area contributed by atoms with Crippen LogP contribution in [-0.2, 0) is 11.8 Å². The van der Waals surface area contributed by atoms with Crippen molar-refractivity contribution in [2.45, 2.75) is 19.8 Å². The van der Waals surface area contributed by atoms with Crippen LogP contribution in [0.3, 0.4) is 0 Å². The fraction of sp³-hybridized carbons (Fsp3) is 0.250. The predicted octanol–water partition coefficient (Wildman–Crippen LogP) is 2.49. The summed E-state index contributed by atoms with van der Waals surface area (Å²) in [4.78, 5) is 18.8. The molecular formula is C20H20N8O. The summed E-state index contributed by atoms with van der Waals surface area (Å²) >= 11 is 0. The molecule has 1 amide bonds. The first kappa shape index (κ1) is 17.4. The summed E-state index contributed by atoms with van der Waals surface area (Å²) in [6, 6.07) is 9.76. The minimum absolute atomic E-state index is 0.157. The first-order chi connectivity index (χ1) is 14.1. The van der Waals surface area contributed by atoms with E-state index in [-0.39, 0.29) is 5.91 Å². The number of anilines is 1. The standard InChI is InChI=1S/C20H20N8O/c1-13-16(12-21-24-13)19-23-20(28(25-19)17-8-9-22-26(17)2)14-5-3-6-15(11-14)27-10-4-7-18(27)29/h3,5-6,8-9,11-12H,4,7,10H2,1-2H3,(H,21,24). The molecule has 0 atom stereocenters. The van der Waals surface area contributed by atoms with E-state index in [9.17, 15) is 4.79 Å². The van der Waals surface area contributed by atoms with Gasteiger partial charge in [0.05, 0.1) is 18.0 Å². The summed E-state index contributed by atoms with van der Waals surface area (Å²) < 4.78 is 3.53. The van der Waals surface area contributed by atoms with Gasteiger partial charge in [0, 0.05) is 43.0 Å². The SMILES string of the molecule is Cc1[nH]ncc1-c1nc(-c2cccc(N3CCCC3=O)c2)n(-c2ccnn2C)n1. The van der Waals surface area contributed by atoms with Crippen LogP contribution in [0.1, 0.15) is 18.5 Å². The van der Waals surface area contributed by atoms with Gasteiger partial charge in [0.15, 0.2) is 17.5 Å². The lowest BCUT2D eigenvalue weighted by Gasteiger charge is -2.16. The van der Waals surface area contributed by atoms with Crippen LogP contribution in [0.25, 0.3) is 28.6 Å². The molecule has 0 unspecified atom stereocenters. The third kappa shape index (κ3) is 2.91. The van der Waals surface area contributed by atoms with Crippen LogP contribution in [0.2, 0.25) is 0 Å². The first-order valence-electron chi connectivity index (χ1n) is 9.48. The van der Waals surface area contributed by atoms with E-state index < -0.39 is 0 Å². The van der Waals surface area contributed by atoms with Crippen LogP contribution in [0, 0.1) is 6.92 Å². The molecule has 0 saturated carbocycles. The molecule has 0 spiro atoms. The summed E-state index contributed by atoms with van der Waals surface area (Å²) in [6.07, 6.45) is 4.93. The van der Waals surface area contributed by atoms with Gasteiger partial charge >= 0.3 is 0 Å². The highest BCUT2D eigenvalue weighted by atomic mass is 16.2. The van der Waals surface area contributed by atoms with E-state index in [1.807, 2.05) is 49.2 Å². The lowest BCUT2D eigenvalue weighted by molar-refractivity contribution is -0.117. The lowest BCUT2D eigenvalue weighted by Crippen LogP contribution is -2.23. The molecule has 0 aliphatic carbocycles. The van der Waals surface area contributed by atoms with Crippen LogP contribution in [0.5, 0.6) is 0 Å². The highest BCUT2D eigenvalue weighted by Gasteiger charge is 2.23. The second-order valence-corrected chi connectivity index (χ2v) is 7.09. The Bertz CT molecular complexity index is 1200. The zero-order chi connectivity index (χ0) is 20.0. The molecule has 146 valence electrons. The minimum Gasteiger partial charge on any atom is -0.312 e. The number of carbonyl (C=O) groups is 1. The van der Waals surface area contributed by atoms with Gasteiger partial charge in [-0.25, -0.2) is 4.98 Å². The maximum atomic E-state index is 12.2. The zero-order valence-corrected chi connectivity index (χ0v) is 16.2. The molecule has 0 radical (unpaired) electrons. The van der Waals surface area contributed by atoms with Crippen molar-refractivity contribution in [3.05, 3.63) is 48.4 Å².